The van der Waals surface area contributed by atoms with Crippen molar-refractivity contribution < 1.29 is 27.5 Å². The van der Waals surface area contributed by atoms with Gasteiger partial charge >= 0.3 is 10.1 Å². The predicted octanol–water partition coefficient (Wildman–Crippen LogP) is 2.10. The number of hydrogen-bond donors (Lipinski definition) is 1. The molecular formula is C14H12O6S. The fourth-order valence-electron chi connectivity index (χ4n) is 1.81. The van der Waals surface area contributed by atoms with E-state index < -0.39 is 15.0 Å². The zero-order valence-corrected chi connectivity index (χ0v) is 11.8. The molecular weight excluding hydrogens is 296 g/mol. The largest absolute Gasteiger partial charge is 0.495 e. The summed E-state index contributed by atoms with van der Waals surface area (Å²) in [6.07, 6.45) is 0. The van der Waals surface area contributed by atoms with Crippen LogP contribution in [0.4, 0.5) is 0 Å². The van der Waals surface area contributed by atoms with E-state index >= 15 is 0 Å². The van der Waals surface area contributed by atoms with Gasteiger partial charge in [-0.15, -0.1) is 4.33 Å². The average molecular weight is 308 g/mol. The Morgan fingerprint density at radius 2 is 1.71 bits per heavy atom. The van der Waals surface area contributed by atoms with Crippen molar-refractivity contribution in [2.24, 2.45) is 0 Å². The summed E-state index contributed by atoms with van der Waals surface area (Å²) in [7, 11) is -3.13. The second-order valence-electron chi connectivity index (χ2n) is 4.09. The maximum absolute atomic E-state index is 12.3. The van der Waals surface area contributed by atoms with Gasteiger partial charge in [-0.1, -0.05) is 30.3 Å². The first kappa shape index (κ1) is 15.2. The minimum Gasteiger partial charge on any atom is -0.495 e. The summed E-state index contributed by atoms with van der Waals surface area (Å²) < 4.78 is 31.6. The lowest BCUT2D eigenvalue weighted by molar-refractivity contribution is -0.130. The number of rotatable bonds is 5. The fourth-order valence-corrected chi connectivity index (χ4v) is 2.56. The van der Waals surface area contributed by atoms with Crippen LogP contribution in [0.15, 0.2) is 53.4 Å². The Balaban J connectivity index is 2.53. The second-order valence-corrected chi connectivity index (χ2v) is 5.59. The van der Waals surface area contributed by atoms with E-state index in [4.69, 9.17) is 9.99 Å². The number of benzene rings is 2. The van der Waals surface area contributed by atoms with Gasteiger partial charge in [0.1, 0.15) is 10.6 Å². The number of ketones is 1. The zero-order chi connectivity index (χ0) is 15.5. The number of carbonyl (C=O) groups is 1. The standard InChI is InChI=1S/C14H12O6S/c1-19-12-8-7-11(9-13(12)21(17,18)20-16)14(15)10-5-3-2-4-6-10/h2-9,16H,1H3. The summed E-state index contributed by atoms with van der Waals surface area (Å²) in [5, 5.41) is 8.49. The molecule has 21 heavy (non-hydrogen) atoms. The van der Waals surface area contributed by atoms with Crippen LogP contribution in [-0.4, -0.2) is 26.6 Å². The molecule has 0 unspecified atom stereocenters. The predicted molar refractivity (Wildman–Crippen MR) is 73.8 cm³/mol. The molecule has 7 heteroatoms. The fraction of sp³-hybridized carbons (Fsp3) is 0.0714. The third-order valence-corrected chi connectivity index (χ3v) is 3.88. The number of methoxy groups -OCH3 is 1. The topological polar surface area (TPSA) is 89.9 Å². The Kier molecular flexibility index (Phi) is 4.37. The molecule has 0 spiro atoms. The highest BCUT2D eigenvalue weighted by atomic mass is 32.2. The Morgan fingerprint density at radius 1 is 1.05 bits per heavy atom. The minimum atomic E-state index is -4.40. The Bertz CT molecular complexity index is 752. The first-order valence-corrected chi connectivity index (χ1v) is 7.26. The van der Waals surface area contributed by atoms with Gasteiger partial charge < -0.3 is 4.74 Å². The quantitative estimate of drug-likeness (QED) is 0.517. The molecule has 0 bridgehead atoms. The van der Waals surface area contributed by atoms with Crippen molar-refractivity contribution in [1.29, 1.82) is 0 Å². The van der Waals surface area contributed by atoms with E-state index in [1.165, 1.54) is 19.2 Å². The highest BCUT2D eigenvalue weighted by molar-refractivity contribution is 7.86. The molecule has 6 nitrogen and oxygen atoms in total. The van der Waals surface area contributed by atoms with Crippen molar-refractivity contribution in [2.75, 3.05) is 7.11 Å². The lowest BCUT2D eigenvalue weighted by atomic mass is 10.0. The van der Waals surface area contributed by atoms with E-state index in [-0.39, 0.29) is 17.1 Å². The van der Waals surface area contributed by atoms with Gasteiger partial charge in [-0.3, -0.25) is 4.79 Å². The summed E-state index contributed by atoms with van der Waals surface area (Å²) >= 11 is 0. The van der Waals surface area contributed by atoms with Crippen LogP contribution in [0.5, 0.6) is 5.75 Å². The molecule has 0 saturated carbocycles. The molecule has 110 valence electrons. The molecule has 0 saturated heterocycles. The van der Waals surface area contributed by atoms with Crippen molar-refractivity contribution in [3.05, 3.63) is 59.7 Å². The Hall–Kier alpha value is -2.22. The van der Waals surface area contributed by atoms with Crippen LogP contribution < -0.4 is 4.74 Å². The van der Waals surface area contributed by atoms with Gasteiger partial charge in [0.05, 0.1) is 7.11 Å². The molecule has 0 atom stereocenters. The van der Waals surface area contributed by atoms with Crippen LogP contribution >= 0.6 is 0 Å². The molecule has 0 heterocycles. The molecule has 2 rings (SSSR count). The summed E-state index contributed by atoms with van der Waals surface area (Å²) in [4.78, 5) is 11.9. The molecule has 0 fully saturated rings. The number of carbonyl (C=O) groups excluding carboxylic acids is 1. The first-order valence-electron chi connectivity index (χ1n) is 5.85. The van der Waals surface area contributed by atoms with E-state index in [9.17, 15) is 13.2 Å². The van der Waals surface area contributed by atoms with Gasteiger partial charge in [-0.05, 0) is 18.2 Å². The second kappa shape index (κ2) is 6.04. The molecule has 0 aliphatic carbocycles. The van der Waals surface area contributed by atoms with Gasteiger partial charge in [0, 0.05) is 11.1 Å². The minimum absolute atomic E-state index is 0.0336. The highest BCUT2D eigenvalue weighted by Gasteiger charge is 2.23. The van der Waals surface area contributed by atoms with Crippen LogP contribution in [0.25, 0.3) is 0 Å². The van der Waals surface area contributed by atoms with Crippen LogP contribution in [0.1, 0.15) is 15.9 Å². The molecule has 0 radical (unpaired) electrons. The highest BCUT2D eigenvalue weighted by Crippen LogP contribution is 2.27. The summed E-state index contributed by atoms with van der Waals surface area (Å²) in [6.45, 7) is 0. The smallest absolute Gasteiger partial charge is 0.326 e. The summed E-state index contributed by atoms with van der Waals surface area (Å²) in [5.74, 6) is -0.388. The maximum Gasteiger partial charge on any atom is 0.326 e. The van der Waals surface area contributed by atoms with E-state index in [1.807, 2.05) is 0 Å². The summed E-state index contributed by atoms with van der Waals surface area (Å²) in [6, 6.07) is 12.2. The summed E-state index contributed by atoms with van der Waals surface area (Å²) in [5.41, 5.74) is 0.550. The van der Waals surface area contributed by atoms with E-state index in [0.29, 0.717) is 5.56 Å². The third-order valence-electron chi connectivity index (χ3n) is 2.83. The van der Waals surface area contributed by atoms with Crippen LogP contribution in [0, 0.1) is 0 Å². The monoisotopic (exact) mass is 308 g/mol. The third kappa shape index (κ3) is 3.10. The van der Waals surface area contributed by atoms with Crippen LogP contribution in [-0.2, 0) is 14.5 Å². The van der Waals surface area contributed by atoms with E-state index in [0.717, 1.165) is 6.07 Å². The van der Waals surface area contributed by atoms with Gasteiger partial charge in [0.25, 0.3) is 0 Å². The van der Waals surface area contributed by atoms with Gasteiger partial charge in [0.2, 0.25) is 0 Å². The van der Waals surface area contributed by atoms with Crippen molar-refractivity contribution in [1.82, 2.24) is 0 Å². The number of ether oxygens (including phenoxy) is 1. The van der Waals surface area contributed by atoms with Gasteiger partial charge in [0.15, 0.2) is 5.78 Å². The van der Waals surface area contributed by atoms with Crippen LogP contribution in [0.2, 0.25) is 0 Å². The molecule has 0 amide bonds. The van der Waals surface area contributed by atoms with E-state index in [2.05, 4.69) is 4.33 Å². The molecule has 0 aliphatic heterocycles. The SMILES string of the molecule is COc1ccc(C(=O)c2ccccc2)cc1S(=O)(=O)OO. The average Bonchev–Trinajstić information content (AvgIpc) is 2.54. The molecule has 0 aliphatic rings. The molecule has 2 aromatic rings. The Labute approximate surface area is 121 Å². The van der Waals surface area contributed by atoms with E-state index in [1.54, 1.807) is 30.3 Å². The zero-order valence-electron chi connectivity index (χ0n) is 11.0. The normalized spacial score (nSPS) is 11.1. The van der Waals surface area contributed by atoms with Crippen molar-refractivity contribution in [3.8, 4) is 5.75 Å². The van der Waals surface area contributed by atoms with Gasteiger partial charge in [-0.25, -0.2) is 5.26 Å². The Morgan fingerprint density at radius 3 is 2.29 bits per heavy atom. The lowest BCUT2D eigenvalue weighted by Gasteiger charge is -2.09. The molecule has 0 aromatic heterocycles. The molecule has 2 aromatic carbocycles. The van der Waals surface area contributed by atoms with Gasteiger partial charge in [-0.2, -0.15) is 8.42 Å². The lowest BCUT2D eigenvalue weighted by Crippen LogP contribution is -2.08. The van der Waals surface area contributed by atoms with Crippen molar-refractivity contribution in [2.45, 2.75) is 4.90 Å². The number of hydrogen-bond acceptors (Lipinski definition) is 6. The molecule has 1 N–H and O–H groups in total. The first-order chi connectivity index (χ1) is 9.99. The van der Waals surface area contributed by atoms with Crippen molar-refractivity contribution in [3.63, 3.8) is 0 Å². The van der Waals surface area contributed by atoms with Crippen LogP contribution in [0.3, 0.4) is 0 Å². The van der Waals surface area contributed by atoms with Crippen molar-refractivity contribution >= 4 is 15.9 Å². The maximum atomic E-state index is 12.3.